The monoisotopic (exact) mass is 294 g/mol. The number of hydrogen-bond donors (Lipinski definition) is 0. The molecule has 3 aromatic rings. The molecule has 0 aliphatic heterocycles. The van der Waals surface area contributed by atoms with Gasteiger partial charge in [-0.25, -0.2) is 9.37 Å². The zero-order chi connectivity index (χ0) is 15.5. The van der Waals surface area contributed by atoms with Gasteiger partial charge in [-0.05, 0) is 42.0 Å². The third-order valence-electron chi connectivity index (χ3n) is 3.22. The van der Waals surface area contributed by atoms with Crippen molar-refractivity contribution in [3.8, 4) is 0 Å². The van der Waals surface area contributed by atoms with Crippen LogP contribution in [0.15, 0.2) is 54.6 Å². The smallest absolute Gasteiger partial charge is 0.258 e. The molecule has 0 saturated heterocycles. The van der Waals surface area contributed by atoms with E-state index < -0.39 is 4.92 Å². The fourth-order valence-corrected chi connectivity index (χ4v) is 2.20. The molecule has 0 radical (unpaired) electrons. The number of nitrogens with zero attached hydrogens (tertiary/aromatic N) is 2. The Hall–Kier alpha value is -3.08. The van der Waals surface area contributed by atoms with Crippen LogP contribution in [-0.4, -0.2) is 9.91 Å². The van der Waals surface area contributed by atoms with Gasteiger partial charge in [0.2, 0.25) is 0 Å². The minimum atomic E-state index is -0.424. The molecule has 3 rings (SSSR count). The zero-order valence-electron chi connectivity index (χ0n) is 11.4. The van der Waals surface area contributed by atoms with E-state index in [4.69, 9.17) is 0 Å². The Balaban J connectivity index is 1.97. The number of pyridine rings is 1. The first kappa shape index (κ1) is 13.9. The van der Waals surface area contributed by atoms with Gasteiger partial charge in [0.25, 0.3) is 5.69 Å². The first-order chi connectivity index (χ1) is 10.6. The fourth-order valence-electron chi connectivity index (χ4n) is 2.20. The maximum absolute atomic E-state index is 13.1. The summed E-state index contributed by atoms with van der Waals surface area (Å²) in [7, 11) is 0. The Morgan fingerprint density at radius 3 is 2.64 bits per heavy atom. The van der Waals surface area contributed by atoms with Crippen LogP contribution in [0.5, 0.6) is 0 Å². The molecular weight excluding hydrogens is 283 g/mol. The number of hydrogen-bond acceptors (Lipinski definition) is 3. The van der Waals surface area contributed by atoms with Gasteiger partial charge in [0.15, 0.2) is 0 Å². The molecule has 108 valence electrons. The molecule has 1 aromatic heterocycles. The second-order valence-electron chi connectivity index (χ2n) is 4.73. The van der Waals surface area contributed by atoms with E-state index in [0.29, 0.717) is 16.6 Å². The molecule has 0 aliphatic carbocycles. The van der Waals surface area contributed by atoms with Gasteiger partial charge in [-0.2, -0.15) is 0 Å². The van der Waals surface area contributed by atoms with Crippen molar-refractivity contribution in [2.45, 2.75) is 0 Å². The number of fused-ring (bicyclic) bond motifs is 1. The standard InChI is InChI=1S/C17H11FN2O2/c18-13-4-1-3-12(11-13)7-8-14-9-10-15-16(19-14)5-2-6-17(15)20(21)22/h1-11H/b8-7+. The summed E-state index contributed by atoms with van der Waals surface area (Å²) in [5.74, 6) is -0.302. The fraction of sp³-hybridized carbons (Fsp3) is 0. The summed E-state index contributed by atoms with van der Waals surface area (Å²) in [5, 5.41) is 11.5. The average molecular weight is 294 g/mol. The number of rotatable bonds is 3. The van der Waals surface area contributed by atoms with Gasteiger partial charge < -0.3 is 0 Å². The quantitative estimate of drug-likeness (QED) is 0.529. The maximum Gasteiger partial charge on any atom is 0.278 e. The van der Waals surface area contributed by atoms with Crippen LogP contribution < -0.4 is 0 Å². The van der Waals surface area contributed by atoms with E-state index >= 15 is 0 Å². The highest BCUT2D eigenvalue weighted by atomic mass is 19.1. The van der Waals surface area contributed by atoms with Crippen molar-refractivity contribution >= 4 is 28.7 Å². The van der Waals surface area contributed by atoms with E-state index in [-0.39, 0.29) is 11.5 Å². The van der Waals surface area contributed by atoms with E-state index in [1.165, 1.54) is 18.2 Å². The Morgan fingerprint density at radius 2 is 1.86 bits per heavy atom. The van der Waals surface area contributed by atoms with Crippen molar-refractivity contribution in [2.75, 3.05) is 0 Å². The predicted molar refractivity (Wildman–Crippen MR) is 83.7 cm³/mol. The summed E-state index contributed by atoms with van der Waals surface area (Å²) in [6.07, 6.45) is 3.49. The lowest BCUT2D eigenvalue weighted by Gasteiger charge is -2.00. The highest BCUT2D eigenvalue weighted by Crippen LogP contribution is 2.24. The van der Waals surface area contributed by atoms with Crippen LogP contribution in [0.1, 0.15) is 11.3 Å². The van der Waals surface area contributed by atoms with Crippen LogP contribution in [0.3, 0.4) is 0 Å². The van der Waals surface area contributed by atoms with Crippen LogP contribution in [0, 0.1) is 15.9 Å². The molecule has 0 spiro atoms. The van der Waals surface area contributed by atoms with Crippen molar-refractivity contribution in [1.82, 2.24) is 4.98 Å². The normalized spacial score (nSPS) is 11.1. The summed E-state index contributed by atoms with van der Waals surface area (Å²) >= 11 is 0. The van der Waals surface area contributed by atoms with Crippen molar-refractivity contribution < 1.29 is 9.31 Å². The molecule has 0 atom stereocenters. The molecule has 5 heteroatoms. The van der Waals surface area contributed by atoms with Gasteiger partial charge in [-0.15, -0.1) is 0 Å². The van der Waals surface area contributed by atoms with Gasteiger partial charge >= 0.3 is 0 Å². The highest BCUT2D eigenvalue weighted by Gasteiger charge is 2.11. The number of benzene rings is 2. The first-order valence-corrected chi connectivity index (χ1v) is 6.61. The molecule has 2 aromatic carbocycles. The first-order valence-electron chi connectivity index (χ1n) is 6.61. The van der Waals surface area contributed by atoms with Gasteiger partial charge in [0.1, 0.15) is 5.82 Å². The number of nitro benzene ring substituents is 1. The van der Waals surface area contributed by atoms with Gasteiger partial charge in [0, 0.05) is 6.07 Å². The Bertz CT molecular complexity index is 891. The van der Waals surface area contributed by atoms with Crippen molar-refractivity contribution in [3.05, 3.63) is 81.8 Å². The lowest BCUT2D eigenvalue weighted by atomic mass is 10.1. The van der Waals surface area contributed by atoms with E-state index in [1.807, 2.05) is 0 Å². The second-order valence-corrected chi connectivity index (χ2v) is 4.73. The molecule has 0 saturated carbocycles. The largest absolute Gasteiger partial charge is 0.278 e. The van der Waals surface area contributed by atoms with Gasteiger partial charge in [0.05, 0.1) is 21.5 Å². The van der Waals surface area contributed by atoms with E-state index in [2.05, 4.69) is 4.98 Å². The van der Waals surface area contributed by atoms with Crippen molar-refractivity contribution in [3.63, 3.8) is 0 Å². The number of halogens is 1. The Labute approximate surface area is 125 Å². The molecule has 0 fully saturated rings. The second kappa shape index (κ2) is 5.73. The molecule has 4 nitrogen and oxygen atoms in total. The average Bonchev–Trinajstić information content (AvgIpc) is 2.52. The van der Waals surface area contributed by atoms with E-state index in [1.54, 1.807) is 48.6 Å². The summed E-state index contributed by atoms with van der Waals surface area (Å²) in [6.45, 7) is 0. The lowest BCUT2D eigenvalue weighted by molar-refractivity contribution is -0.383. The summed E-state index contributed by atoms with van der Waals surface area (Å²) < 4.78 is 13.1. The van der Waals surface area contributed by atoms with Gasteiger partial charge in [-0.3, -0.25) is 10.1 Å². The van der Waals surface area contributed by atoms with E-state index in [0.717, 1.165) is 5.56 Å². The topological polar surface area (TPSA) is 56.0 Å². The number of non-ortho nitro benzene ring substituents is 1. The van der Waals surface area contributed by atoms with Crippen LogP contribution in [0.25, 0.3) is 23.1 Å². The van der Waals surface area contributed by atoms with Crippen LogP contribution in [0.2, 0.25) is 0 Å². The van der Waals surface area contributed by atoms with Crippen molar-refractivity contribution in [2.24, 2.45) is 0 Å². The highest BCUT2D eigenvalue weighted by molar-refractivity contribution is 5.88. The molecule has 0 unspecified atom stereocenters. The molecule has 0 aliphatic rings. The number of aromatic nitrogens is 1. The predicted octanol–water partition coefficient (Wildman–Crippen LogP) is 4.45. The van der Waals surface area contributed by atoms with E-state index in [9.17, 15) is 14.5 Å². The molecular formula is C17H11FN2O2. The Morgan fingerprint density at radius 1 is 1.05 bits per heavy atom. The van der Waals surface area contributed by atoms with Crippen LogP contribution in [-0.2, 0) is 0 Å². The summed E-state index contributed by atoms with van der Waals surface area (Å²) in [4.78, 5) is 14.9. The molecule has 0 amide bonds. The third-order valence-corrected chi connectivity index (χ3v) is 3.22. The lowest BCUT2D eigenvalue weighted by Crippen LogP contribution is -1.91. The molecule has 0 bridgehead atoms. The SMILES string of the molecule is O=[N+]([O-])c1cccc2nc(/C=C/c3cccc(F)c3)ccc12. The third kappa shape index (κ3) is 2.83. The molecule has 22 heavy (non-hydrogen) atoms. The molecule has 0 N–H and O–H groups in total. The minimum absolute atomic E-state index is 0.0330. The molecule has 1 heterocycles. The Kier molecular flexibility index (Phi) is 3.62. The van der Waals surface area contributed by atoms with Crippen molar-refractivity contribution in [1.29, 1.82) is 0 Å². The summed E-state index contributed by atoms with van der Waals surface area (Å²) in [5.41, 5.74) is 1.96. The summed E-state index contributed by atoms with van der Waals surface area (Å²) in [6, 6.07) is 14.4. The van der Waals surface area contributed by atoms with Crippen LogP contribution >= 0.6 is 0 Å². The minimum Gasteiger partial charge on any atom is -0.258 e. The number of nitro groups is 1. The maximum atomic E-state index is 13.1. The van der Waals surface area contributed by atoms with Crippen LogP contribution in [0.4, 0.5) is 10.1 Å². The van der Waals surface area contributed by atoms with Gasteiger partial charge in [-0.1, -0.05) is 24.3 Å². The zero-order valence-corrected chi connectivity index (χ0v) is 11.4.